The number of carbonyl (C=O) groups is 1. The third-order valence-electron chi connectivity index (χ3n) is 4.14. The number of carbonyl (C=O) groups excluding carboxylic acids is 1. The lowest BCUT2D eigenvalue weighted by Crippen LogP contribution is -2.42. The summed E-state index contributed by atoms with van der Waals surface area (Å²) in [5, 5.41) is 6.50. The van der Waals surface area contributed by atoms with Gasteiger partial charge in [-0.25, -0.2) is 0 Å². The van der Waals surface area contributed by atoms with Gasteiger partial charge in [-0.2, -0.15) is 0 Å². The summed E-state index contributed by atoms with van der Waals surface area (Å²) in [6, 6.07) is 0.451. The summed E-state index contributed by atoms with van der Waals surface area (Å²) in [4.78, 5) is 12.0. The number of hydrogen-bond acceptors (Lipinski definition) is 2. The molecule has 2 aliphatic rings. The molecule has 1 saturated heterocycles. The molecule has 3 nitrogen and oxygen atoms in total. The molecule has 3 unspecified atom stereocenters. The van der Waals surface area contributed by atoms with E-state index in [-0.39, 0.29) is 11.8 Å². The number of amides is 1. The van der Waals surface area contributed by atoms with E-state index in [1.54, 1.807) is 0 Å². The van der Waals surface area contributed by atoms with E-state index in [1.165, 1.54) is 32.1 Å². The smallest absolute Gasteiger partial charge is 0.224 e. The maximum Gasteiger partial charge on any atom is 0.224 e. The highest BCUT2D eigenvalue weighted by atomic mass is 16.2. The Morgan fingerprint density at radius 1 is 1.38 bits per heavy atom. The lowest BCUT2D eigenvalue weighted by atomic mass is 9.84. The molecule has 2 fully saturated rings. The maximum absolute atomic E-state index is 12.0. The maximum atomic E-state index is 12.0. The predicted molar refractivity (Wildman–Crippen MR) is 65.2 cm³/mol. The molecule has 16 heavy (non-hydrogen) atoms. The van der Waals surface area contributed by atoms with Gasteiger partial charge in [-0.15, -0.1) is 0 Å². The highest BCUT2D eigenvalue weighted by molar-refractivity contribution is 5.79. The van der Waals surface area contributed by atoms with Gasteiger partial charge in [0.25, 0.3) is 0 Å². The quantitative estimate of drug-likeness (QED) is 0.766. The Morgan fingerprint density at radius 2 is 2.25 bits per heavy atom. The van der Waals surface area contributed by atoms with Crippen LogP contribution in [0.3, 0.4) is 0 Å². The van der Waals surface area contributed by atoms with Crippen LogP contribution >= 0.6 is 0 Å². The molecule has 0 aromatic rings. The molecule has 2 N–H and O–H groups in total. The Balaban J connectivity index is 1.77. The van der Waals surface area contributed by atoms with Gasteiger partial charge in [-0.05, 0) is 31.7 Å². The van der Waals surface area contributed by atoms with Crippen molar-refractivity contribution in [3.63, 3.8) is 0 Å². The van der Waals surface area contributed by atoms with Crippen LogP contribution in [-0.2, 0) is 4.79 Å². The summed E-state index contributed by atoms with van der Waals surface area (Å²) in [5.74, 6) is 1.34. The van der Waals surface area contributed by atoms with Crippen molar-refractivity contribution in [3.8, 4) is 0 Å². The van der Waals surface area contributed by atoms with E-state index in [9.17, 15) is 4.79 Å². The first-order chi connectivity index (χ1) is 7.79. The van der Waals surface area contributed by atoms with Crippen LogP contribution in [0.25, 0.3) is 0 Å². The summed E-state index contributed by atoms with van der Waals surface area (Å²) < 4.78 is 0. The summed E-state index contributed by atoms with van der Waals surface area (Å²) in [6.07, 6.45) is 7.29. The lowest BCUT2D eigenvalue weighted by Gasteiger charge is -2.29. The van der Waals surface area contributed by atoms with Gasteiger partial charge < -0.3 is 10.6 Å². The van der Waals surface area contributed by atoms with E-state index in [1.807, 2.05) is 0 Å². The highest BCUT2D eigenvalue weighted by Crippen LogP contribution is 2.26. The Bertz CT molecular complexity index is 236. The minimum absolute atomic E-state index is 0.224. The van der Waals surface area contributed by atoms with Crippen molar-refractivity contribution in [2.75, 3.05) is 13.1 Å². The topological polar surface area (TPSA) is 41.1 Å². The fraction of sp³-hybridized carbons (Fsp3) is 0.923. The Morgan fingerprint density at radius 3 is 2.94 bits per heavy atom. The average molecular weight is 224 g/mol. The Hall–Kier alpha value is -0.570. The second-order valence-electron chi connectivity index (χ2n) is 5.34. The molecule has 1 aliphatic heterocycles. The van der Waals surface area contributed by atoms with Gasteiger partial charge in [0.2, 0.25) is 5.91 Å². The van der Waals surface area contributed by atoms with E-state index in [0.29, 0.717) is 6.04 Å². The fourth-order valence-corrected chi connectivity index (χ4v) is 2.99. The SMILES string of the molecule is CCC1CCCC(NC(=O)C2CCNC2)C1. The highest BCUT2D eigenvalue weighted by Gasteiger charge is 2.27. The molecule has 3 heteroatoms. The number of rotatable bonds is 3. The minimum atomic E-state index is 0.224. The second-order valence-corrected chi connectivity index (χ2v) is 5.34. The van der Waals surface area contributed by atoms with Gasteiger partial charge in [0, 0.05) is 12.6 Å². The molecule has 1 heterocycles. The molecule has 1 saturated carbocycles. The third kappa shape index (κ3) is 2.97. The van der Waals surface area contributed by atoms with Crippen LogP contribution in [-0.4, -0.2) is 25.0 Å². The molecule has 3 atom stereocenters. The van der Waals surface area contributed by atoms with Gasteiger partial charge in [0.1, 0.15) is 0 Å². The molecule has 0 aromatic carbocycles. The molecule has 1 amide bonds. The molecule has 92 valence electrons. The summed E-state index contributed by atoms with van der Waals surface area (Å²) >= 11 is 0. The summed E-state index contributed by atoms with van der Waals surface area (Å²) in [6.45, 7) is 4.13. The van der Waals surface area contributed by atoms with Crippen LogP contribution in [0.15, 0.2) is 0 Å². The predicted octanol–water partition coefficient (Wildman–Crippen LogP) is 1.68. The second kappa shape index (κ2) is 5.67. The minimum Gasteiger partial charge on any atom is -0.353 e. The van der Waals surface area contributed by atoms with Gasteiger partial charge in [0.15, 0.2) is 0 Å². The molecular formula is C13H24N2O. The average Bonchev–Trinajstić information content (AvgIpc) is 2.83. The summed E-state index contributed by atoms with van der Waals surface area (Å²) in [7, 11) is 0. The Kier molecular flexibility index (Phi) is 4.22. The lowest BCUT2D eigenvalue weighted by molar-refractivity contribution is -0.125. The third-order valence-corrected chi connectivity index (χ3v) is 4.14. The molecule has 0 spiro atoms. The van der Waals surface area contributed by atoms with E-state index >= 15 is 0 Å². The first kappa shape index (κ1) is 11.9. The summed E-state index contributed by atoms with van der Waals surface area (Å²) in [5.41, 5.74) is 0. The van der Waals surface area contributed by atoms with Gasteiger partial charge in [0.05, 0.1) is 5.92 Å². The van der Waals surface area contributed by atoms with Crippen molar-refractivity contribution < 1.29 is 4.79 Å². The molecule has 1 aliphatic carbocycles. The van der Waals surface area contributed by atoms with Crippen LogP contribution in [0.4, 0.5) is 0 Å². The van der Waals surface area contributed by atoms with Crippen LogP contribution in [0.5, 0.6) is 0 Å². The molecule has 0 radical (unpaired) electrons. The molecule has 2 rings (SSSR count). The van der Waals surface area contributed by atoms with Crippen molar-refractivity contribution in [1.29, 1.82) is 0 Å². The van der Waals surface area contributed by atoms with E-state index < -0.39 is 0 Å². The van der Waals surface area contributed by atoms with Crippen molar-refractivity contribution in [3.05, 3.63) is 0 Å². The monoisotopic (exact) mass is 224 g/mol. The zero-order chi connectivity index (χ0) is 11.4. The van der Waals surface area contributed by atoms with Crippen LogP contribution in [0.1, 0.15) is 45.4 Å². The molecular weight excluding hydrogens is 200 g/mol. The molecule has 0 aromatic heterocycles. The zero-order valence-corrected chi connectivity index (χ0v) is 10.3. The van der Waals surface area contributed by atoms with Gasteiger partial charge in [-0.3, -0.25) is 4.79 Å². The number of nitrogens with one attached hydrogen (secondary N) is 2. The van der Waals surface area contributed by atoms with Gasteiger partial charge in [-0.1, -0.05) is 26.2 Å². The van der Waals surface area contributed by atoms with Crippen molar-refractivity contribution >= 4 is 5.91 Å². The van der Waals surface area contributed by atoms with E-state index in [0.717, 1.165) is 25.4 Å². The van der Waals surface area contributed by atoms with Crippen LogP contribution in [0, 0.1) is 11.8 Å². The van der Waals surface area contributed by atoms with Gasteiger partial charge >= 0.3 is 0 Å². The zero-order valence-electron chi connectivity index (χ0n) is 10.3. The standard InChI is InChI=1S/C13H24N2O/c1-2-10-4-3-5-12(8-10)15-13(16)11-6-7-14-9-11/h10-12,14H,2-9H2,1H3,(H,15,16). The Labute approximate surface area is 98.4 Å². The number of hydrogen-bond donors (Lipinski definition) is 2. The first-order valence-electron chi connectivity index (χ1n) is 6.80. The van der Waals surface area contributed by atoms with Crippen LogP contribution < -0.4 is 10.6 Å². The van der Waals surface area contributed by atoms with Crippen molar-refractivity contribution in [2.24, 2.45) is 11.8 Å². The normalized spacial score (nSPS) is 34.9. The van der Waals surface area contributed by atoms with Crippen molar-refractivity contribution in [2.45, 2.75) is 51.5 Å². The largest absolute Gasteiger partial charge is 0.353 e. The molecule has 0 bridgehead atoms. The van der Waals surface area contributed by atoms with Crippen LogP contribution in [0.2, 0.25) is 0 Å². The van der Waals surface area contributed by atoms with E-state index in [2.05, 4.69) is 17.6 Å². The van der Waals surface area contributed by atoms with Crippen molar-refractivity contribution in [1.82, 2.24) is 10.6 Å². The van der Waals surface area contributed by atoms with E-state index in [4.69, 9.17) is 0 Å². The first-order valence-corrected chi connectivity index (χ1v) is 6.80. The fourth-order valence-electron chi connectivity index (χ4n) is 2.99.